The molecule has 1 unspecified atom stereocenters. The minimum Gasteiger partial charge on any atom is -0.348 e. The Balaban J connectivity index is 8.50. The van der Waals surface area contributed by atoms with Gasteiger partial charge in [-0.2, -0.15) is 149 Å². The van der Waals surface area contributed by atoms with Gasteiger partial charge in [0.2, 0.25) is 5.79 Å². The van der Waals surface area contributed by atoms with Crippen molar-refractivity contribution in [1.29, 1.82) is 0 Å². The molecule has 36 heteroatoms. The third kappa shape index (κ3) is 8.12. The average molecular weight is 1040 g/mol. The molecule has 0 bridgehead atoms. The lowest BCUT2D eigenvalue weighted by Gasteiger charge is -2.51. The van der Waals surface area contributed by atoms with Crippen LogP contribution in [0.5, 0.6) is 0 Å². The summed E-state index contributed by atoms with van der Waals surface area (Å²) in [5.41, 5.74) is 0. The van der Waals surface area contributed by atoms with Gasteiger partial charge in [-0.25, -0.2) is 0 Å². The fraction of sp³-hybridized carbons (Fsp3) is 1.00. The maximum Gasteiger partial charge on any atom is 0.460 e. The summed E-state index contributed by atoms with van der Waals surface area (Å²) < 4.78 is 484. The molecule has 0 saturated heterocycles. The number of methoxy groups -OCH3 is 2. The van der Waals surface area contributed by atoms with Crippen LogP contribution in [0.4, 0.5) is 149 Å². The van der Waals surface area contributed by atoms with Crippen LogP contribution < -0.4 is 0 Å². The van der Waals surface area contributed by atoms with E-state index in [-0.39, 0.29) is 19.3 Å². The summed E-state index contributed by atoms with van der Waals surface area (Å²) in [6.45, 7) is 1.37. The van der Waals surface area contributed by atoms with Crippen molar-refractivity contribution in [2.45, 2.75) is 153 Å². The summed E-state index contributed by atoms with van der Waals surface area (Å²) in [5, 5.41) is 0. The summed E-state index contributed by atoms with van der Waals surface area (Å²) in [6, 6.07) is 0. The second-order valence-electron chi connectivity index (χ2n) is 13.3. The number of hydrogen-bond acceptors (Lipinski definition) is 2. The first-order valence-electron chi connectivity index (χ1n) is 16.1. The first kappa shape index (κ1) is 61.5. The Kier molecular flexibility index (Phi) is 16.6. The first-order valence-corrected chi connectivity index (χ1v) is 16.1. The number of unbranched alkanes of at least 4 members (excludes halogenated alkanes) is 5. The van der Waals surface area contributed by atoms with Crippen LogP contribution in [0.2, 0.25) is 0 Å². The molecule has 1 atom stereocenters. The van der Waals surface area contributed by atoms with Crippen molar-refractivity contribution < 1.29 is 159 Å². The van der Waals surface area contributed by atoms with Gasteiger partial charge in [-0.05, 0) is 6.42 Å². The molecule has 0 aromatic rings. The summed E-state index contributed by atoms with van der Waals surface area (Å²) in [4.78, 5) is 0. The quantitative estimate of drug-likeness (QED) is 0.0545. The highest BCUT2D eigenvalue weighted by atomic mass is 19.4. The smallest absolute Gasteiger partial charge is 0.348 e. The molecule has 0 aromatic heterocycles. The molecule has 0 saturated carbocycles. The van der Waals surface area contributed by atoms with E-state index in [4.69, 9.17) is 0 Å². The lowest BCUT2D eigenvalue weighted by Crippen LogP contribution is -2.79. The van der Waals surface area contributed by atoms with Gasteiger partial charge in [-0.1, -0.05) is 45.4 Å². The Hall–Kier alpha value is -2.46. The van der Waals surface area contributed by atoms with Gasteiger partial charge >= 0.3 is 95.3 Å². The molecule has 0 radical (unpaired) electrons. The van der Waals surface area contributed by atoms with Crippen molar-refractivity contribution in [3.8, 4) is 0 Å². The van der Waals surface area contributed by atoms with Crippen LogP contribution >= 0.6 is 0 Å². The van der Waals surface area contributed by atoms with Gasteiger partial charge in [-0.3, -0.25) is 0 Å². The fourth-order valence-corrected chi connectivity index (χ4v) is 5.36. The summed E-state index contributed by atoms with van der Waals surface area (Å²) in [7, 11) is -2.17. The molecule has 0 spiro atoms. The molecule has 0 heterocycles. The van der Waals surface area contributed by atoms with Crippen LogP contribution in [0, 0.1) is 5.92 Å². The van der Waals surface area contributed by atoms with Crippen molar-refractivity contribution in [3.05, 3.63) is 0 Å². The van der Waals surface area contributed by atoms with E-state index in [1.54, 1.807) is 0 Å². The number of rotatable bonds is 24. The van der Waals surface area contributed by atoms with Crippen LogP contribution in [0.25, 0.3) is 0 Å². The van der Waals surface area contributed by atoms with Gasteiger partial charge < -0.3 is 9.47 Å². The molecule has 0 aliphatic heterocycles. The van der Waals surface area contributed by atoms with Crippen molar-refractivity contribution in [1.82, 2.24) is 0 Å². The van der Waals surface area contributed by atoms with E-state index < -0.39 is 147 Å². The standard InChI is InChI=1S/C28H24F34O2/c1-4-5-6-7-8-9-10-11(12(29,30)14(31,32)16(35,36)18(39,40)21(45,46)23(49,50)25(53,54)27(57,58)59)13(63-2,64-3)15(33,34)17(37,38)19(41,42)20(43,44)22(47,48)24(51,52)26(55,56)28(60,61)62/h11H,4-10H2,1-3H3. The molecule has 0 amide bonds. The lowest BCUT2D eigenvalue weighted by molar-refractivity contribution is -0.492. The highest BCUT2D eigenvalue weighted by Crippen LogP contribution is 2.69. The fourth-order valence-electron chi connectivity index (χ4n) is 5.36. The molecule has 0 fully saturated rings. The van der Waals surface area contributed by atoms with Gasteiger partial charge in [0.15, 0.2) is 0 Å². The molecule has 64 heavy (non-hydrogen) atoms. The van der Waals surface area contributed by atoms with Crippen LogP contribution in [0.1, 0.15) is 51.9 Å². The van der Waals surface area contributed by atoms with E-state index in [1.165, 1.54) is 6.92 Å². The second-order valence-corrected chi connectivity index (χ2v) is 13.3. The van der Waals surface area contributed by atoms with Gasteiger partial charge in [0, 0.05) is 14.2 Å². The summed E-state index contributed by atoms with van der Waals surface area (Å²) in [5.74, 6) is -142. The Morgan fingerprint density at radius 2 is 0.500 bits per heavy atom. The molecular formula is C28H24F34O2. The van der Waals surface area contributed by atoms with Gasteiger partial charge in [0.25, 0.3) is 0 Å². The van der Waals surface area contributed by atoms with Crippen molar-refractivity contribution in [2.75, 3.05) is 14.2 Å². The summed E-state index contributed by atoms with van der Waals surface area (Å²) in [6.07, 6.45) is -23.4. The topological polar surface area (TPSA) is 18.5 Å². The van der Waals surface area contributed by atoms with Crippen LogP contribution in [-0.2, 0) is 9.47 Å². The van der Waals surface area contributed by atoms with Crippen LogP contribution in [0.15, 0.2) is 0 Å². The molecule has 0 aliphatic carbocycles. The molecule has 2 nitrogen and oxygen atoms in total. The highest BCUT2D eigenvalue weighted by molar-refractivity contribution is 5.21. The minimum absolute atomic E-state index is 0.0114. The zero-order valence-electron chi connectivity index (χ0n) is 30.7. The molecule has 0 N–H and O–H groups in total. The zero-order valence-corrected chi connectivity index (χ0v) is 30.7. The molecule has 0 aromatic carbocycles. The summed E-state index contributed by atoms with van der Waals surface area (Å²) >= 11 is 0. The Morgan fingerprint density at radius 3 is 0.750 bits per heavy atom. The molecule has 386 valence electrons. The van der Waals surface area contributed by atoms with Crippen molar-refractivity contribution in [3.63, 3.8) is 0 Å². The van der Waals surface area contributed by atoms with E-state index in [9.17, 15) is 114 Å². The number of ether oxygens (including phenoxy) is 2. The first-order chi connectivity index (χ1) is 27.6. The minimum atomic E-state index is -9.59. The third-order valence-electron chi connectivity index (χ3n) is 9.26. The molecule has 0 aliphatic rings. The van der Waals surface area contributed by atoms with Crippen LogP contribution in [0.3, 0.4) is 0 Å². The monoisotopic (exact) mass is 1040 g/mol. The van der Waals surface area contributed by atoms with Crippen LogP contribution in [-0.4, -0.2) is 115 Å². The molecule has 0 rings (SSSR count). The lowest BCUT2D eigenvalue weighted by atomic mass is 9.74. The Labute approximate surface area is 332 Å². The van der Waals surface area contributed by atoms with Gasteiger partial charge in [0.05, 0.1) is 5.92 Å². The third-order valence-corrected chi connectivity index (χ3v) is 9.26. The van der Waals surface area contributed by atoms with Gasteiger partial charge in [-0.15, -0.1) is 0 Å². The Morgan fingerprint density at radius 1 is 0.281 bits per heavy atom. The normalized spacial score (nSPS) is 17.0. The van der Waals surface area contributed by atoms with E-state index in [2.05, 4.69) is 9.47 Å². The second kappa shape index (κ2) is 17.3. The number of alkyl halides is 34. The number of halogens is 34. The maximum atomic E-state index is 15.7. The SMILES string of the molecule is CCCCCCCCC(C(F)(F)C(F)(F)C(F)(F)C(F)(F)C(F)(F)C(F)(F)C(F)(F)C(F)(F)F)C(OC)(OC)C(F)(F)C(F)(F)C(F)(F)C(F)(F)C(F)(F)C(F)(F)C(F)(F)C(F)(F)F. The zero-order chi connectivity index (χ0) is 52.4. The number of hydrogen-bond donors (Lipinski definition) is 0. The predicted octanol–water partition coefficient (Wildman–Crippen LogP) is 14.4. The van der Waals surface area contributed by atoms with Crippen molar-refractivity contribution >= 4 is 0 Å². The largest absolute Gasteiger partial charge is 0.460 e. The highest BCUT2D eigenvalue weighted by Gasteiger charge is 2.99. The average Bonchev–Trinajstić information content (AvgIpc) is 3.10. The van der Waals surface area contributed by atoms with E-state index in [0.29, 0.717) is 0 Å². The van der Waals surface area contributed by atoms with E-state index >= 15 is 35.1 Å². The van der Waals surface area contributed by atoms with Gasteiger partial charge in [0.1, 0.15) is 0 Å². The predicted molar refractivity (Wildman–Crippen MR) is 140 cm³/mol. The van der Waals surface area contributed by atoms with E-state index in [1.807, 2.05) is 0 Å². The van der Waals surface area contributed by atoms with Crippen molar-refractivity contribution in [2.24, 2.45) is 5.92 Å². The molecular weight excluding hydrogens is 1010 g/mol. The Bertz CT molecular complexity index is 1550. The van der Waals surface area contributed by atoms with E-state index in [0.717, 1.165) is 0 Å². The maximum absolute atomic E-state index is 15.7.